The largest absolute Gasteiger partial charge is 0.371 e. The third kappa shape index (κ3) is 3.53. The number of nitrogens with one attached hydrogen (secondary N) is 1. The monoisotopic (exact) mass is 382 g/mol. The van der Waals surface area contributed by atoms with Gasteiger partial charge in [0.15, 0.2) is 0 Å². The average Bonchev–Trinajstić information content (AvgIpc) is 3.03. The van der Waals surface area contributed by atoms with Crippen LogP contribution < -0.4 is 10.2 Å². The highest BCUT2D eigenvalue weighted by Gasteiger charge is 2.31. The van der Waals surface area contributed by atoms with E-state index in [1.54, 1.807) is 0 Å². The topological polar surface area (TPSA) is 84.3 Å². The zero-order chi connectivity index (χ0) is 19.7. The van der Waals surface area contributed by atoms with E-state index in [-0.39, 0.29) is 17.7 Å². The van der Waals surface area contributed by atoms with Gasteiger partial charge < -0.3 is 9.69 Å². The standard InChI is InChI=1S/C21H26N4O3/c1-24-18-13-15(25-10-8-14(9-11-25)3-2-12-26)4-5-16(18)20(23-24)17-6-7-19(27)22-21(17)28/h4-5,12-14,17H,2-3,6-11H2,1H3,(H,22,27,28). The van der Waals surface area contributed by atoms with Crippen molar-refractivity contribution in [2.75, 3.05) is 18.0 Å². The Bertz CT molecular complexity index is 912. The lowest BCUT2D eigenvalue weighted by Crippen LogP contribution is -2.39. The van der Waals surface area contributed by atoms with Crippen molar-refractivity contribution in [2.24, 2.45) is 13.0 Å². The van der Waals surface area contributed by atoms with Gasteiger partial charge in [-0.25, -0.2) is 0 Å². The number of hydrogen-bond donors (Lipinski definition) is 1. The van der Waals surface area contributed by atoms with E-state index in [0.29, 0.717) is 25.2 Å². The van der Waals surface area contributed by atoms with Crippen molar-refractivity contribution in [1.82, 2.24) is 15.1 Å². The second-order valence-corrected chi connectivity index (χ2v) is 7.89. The average molecular weight is 382 g/mol. The van der Waals surface area contributed by atoms with Gasteiger partial charge in [-0.15, -0.1) is 0 Å². The minimum Gasteiger partial charge on any atom is -0.371 e. The molecule has 148 valence electrons. The first-order valence-electron chi connectivity index (χ1n) is 10.1. The number of hydrogen-bond acceptors (Lipinski definition) is 5. The second kappa shape index (κ2) is 7.73. The summed E-state index contributed by atoms with van der Waals surface area (Å²) in [5, 5.41) is 8.01. The fraction of sp³-hybridized carbons (Fsp3) is 0.524. The van der Waals surface area contributed by atoms with Gasteiger partial charge in [-0.05, 0) is 49.8 Å². The molecule has 3 heterocycles. The highest BCUT2D eigenvalue weighted by atomic mass is 16.2. The lowest BCUT2D eigenvalue weighted by Gasteiger charge is -2.33. The quantitative estimate of drug-likeness (QED) is 0.634. The number of aromatic nitrogens is 2. The second-order valence-electron chi connectivity index (χ2n) is 7.89. The molecule has 0 bridgehead atoms. The Morgan fingerprint density at radius 2 is 2.00 bits per heavy atom. The van der Waals surface area contributed by atoms with E-state index in [2.05, 4.69) is 33.5 Å². The van der Waals surface area contributed by atoms with Crippen LogP contribution in [0.4, 0.5) is 5.69 Å². The van der Waals surface area contributed by atoms with Gasteiger partial charge in [0.2, 0.25) is 11.8 Å². The van der Waals surface area contributed by atoms with Crippen molar-refractivity contribution in [1.29, 1.82) is 0 Å². The fourth-order valence-electron chi connectivity index (χ4n) is 4.47. The van der Waals surface area contributed by atoms with Crippen molar-refractivity contribution >= 4 is 34.7 Å². The van der Waals surface area contributed by atoms with E-state index in [1.165, 1.54) is 5.69 Å². The first kappa shape index (κ1) is 18.7. The van der Waals surface area contributed by atoms with E-state index < -0.39 is 0 Å². The SMILES string of the molecule is Cn1nc(C2CCC(=O)NC2=O)c2ccc(N3CCC(CCC=O)CC3)cc21. The number of nitrogens with zero attached hydrogens (tertiary/aromatic N) is 3. The molecular formula is C21H26N4O3. The van der Waals surface area contributed by atoms with E-state index in [1.807, 2.05) is 11.7 Å². The summed E-state index contributed by atoms with van der Waals surface area (Å²) in [5.74, 6) is -0.195. The number of imide groups is 1. The van der Waals surface area contributed by atoms with Crippen LogP contribution in [-0.4, -0.2) is 41.0 Å². The predicted octanol–water partition coefficient (Wildman–Crippen LogP) is 2.29. The number of piperidine rings is 2. The molecule has 2 amide bonds. The summed E-state index contributed by atoms with van der Waals surface area (Å²) in [6, 6.07) is 6.30. The van der Waals surface area contributed by atoms with Gasteiger partial charge in [0, 0.05) is 44.1 Å². The molecule has 7 heteroatoms. The van der Waals surface area contributed by atoms with Gasteiger partial charge in [0.05, 0.1) is 17.1 Å². The van der Waals surface area contributed by atoms with Crippen LogP contribution >= 0.6 is 0 Å². The first-order valence-corrected chi connectivity index (χ1v) is 10.1. The van der Waals surface area contributed by atoms with Crippen molar-refractivity contribution in [3.63, 3.8) is 0 Å². The fourth-order valence-corrected chi connectivity index (χ4v) is 4.47. The molecule has 0 aliphatic carbocycles. The Morgan fingerprint density at radius 1 is 1.21 bits per heavy atom. The normalized spacial score (nSPS) is 21.2. The van der Waals surface area contributed by atoms with Crippen LogP contribution in [0.1, 0.15) is 50.1 Å². The highest BCUT2D eigenvalue weighted by molar-refractivity contribution is 6.02. The molecule has 0 radical (unpaired) electrons. The molecule has 1 N–H and O–H groups in total. The number of carbonyl (C=O) groups is 3. The van der Waals surface area contributed by atoms with Gasteiger partial charge in [0.25, 0.3) is 0 Å². The molecule has 4 rings (SSSR count). The van der Waals surface area contributed by atoms with Crippen LogP contribution in [0.5, 0.6) is 0 Å². The van der Waals surface area contributed by atoms with E-state index in [4.69, 9.17) is 0 Å². The number of anilines is 1. The number of amides is 2. The van der Waals surface area contributed by atoms with E-state index in [9.17, 15) is 14.4 Å². The van der Waals surface area contributed by atoms with Gasteiger partial charge in [-0.2, -0.15) is 5.10 Å². The zero-order valence-corrected chi connectivity index (χ0v) is 16.2. The van der Waals surface area contributed by atoms with Crippen LogP contribution in [0.25, 0.3) is 10.9 Å². The zero-order valence-electron chi connectivity index (χ0n) is 16.2. The van der Waals surface area contributed by atoms with Crippen LogP contribution in [0.2, 0.25) is 0 Å². The Labute approximate surface area is 164 Å². The maximum atomic E-state index is 12.3. The molecule has 1 aromatic heterocycles. The van der Waals surface area contributed by atoms with E-state index in [0.717, 1.165) is 55.2 Å². The van der Waals surface area contributed by atoms with Crippen LogP contribution in [-0.2, 0) is 21.4 Å². The summed E-state index contributed by atoms with van der Waals surface area (Å²) in [7, 11) is 1.90. The molecule has 1 aromatic carbocycles. The Balaban J connectivity index is 1.54. The number of rotatable bonds is 5. The molecule has 2 aliphatic heterocycles. The van der Waals surface area contributed by atoms with Crippen LogP contribution in [0.3, 0.4) is 0 Å². The summed E-state index contributed by atoms with van der Waals surface area (Å²) in [6.07, 6.45) is 5.75. The summed E-state index contributed by atoms with van der Waals surface area (Å²) in [4.78, 5) is 36.7. The smallest absolute Gasteiger partial charge is 0.235 e. The maximum absolute atomic E-state index is 12.3. The summed E-state index contributed by atoms with van der Waals surface area (Å²) >= 11 is 0. The van der Waals surface area contributed by atoms with Crippen LogP contribution in [0, 0.1) is 5.92 Å². The molecule has 0 saturated carbocycles. The molecule has 2 aliphatic rings. The molecule has 2 aromatic rings. The molecule has 2 fully saturated rings. The first-order chi connectivity index (χ1) is 13.6. The predicted molar refractivity (Wildman–Crippen MR) is 106 cm³/mol. The summed E-state index contributed by atoms with van der Waals surface area (Å²) < 4.78 is 1.83. The molecule has 1 unspecified atom stereocenters. The van der Waals surface area contributed by atoms with Crippen molar-refractivity contribution in [3.05, 3.63) is 23.9 Å². The van der Waals surface area contributed by atoms with Gasteiger partial charge in [0.1, 0.15) is 6.29 Å². The summed E-state index contributed by atoms with van der Waals surface area (Å²) in [5.41, 5.74) is 2.92. The van der Waals surface area contributed by atoms with E-state index >= 15 is 0 Å². The molecule has 2 saturated heterocycles. The van der Waals surface area contributed by atoms with Gasteiger partial charge >= 0.3 is 0 Å². The van der Waals surface area contributed by atoms with Crippen LogP contribution in [0.15, 0.2) is 18.2 Å². The van der Waals surface area contributed by atoms with Crippen molar-refractivity contribution in [3.8, 4) is 0 Å². The highest BCUT2D eigenvalue weighted by Crippen LogP contribution is 2.33. The number of aldehydes is 1. The van der Waals surface area contributed by atoms with Gasteiger partial charge in [-0.1, -0.05) is 0 Å². The number of fused-ring (bicyclic) bond motifs is 1. The third-order valence-corrected chi connectivity index (χ3v) is 6.11. The Morgan fingerprint density at radius 3 is 2.71 bits per heavy atom. The minimum atomic E-state index is -0.374. The Hall–Kier alpha value is -2.70. The number of aryl methyl sites for hydroxylation is 1. The Kier molecular flexibility index (Phi) is 5.15. The molecule has 7 nitrogen and oxygen atoms in total. The third-order valence-electron chi connectivity index (χ3n) is 6.11. The molecular weight excluding hydrogens is 356 g/mol. The number of benzene rings is 1. The lowest BCUT2D eigenvalue weighted by molar-refractivity contribution is -0.134. The maximum Gasteiger partial charge on any atom is 0.235 e. The molecule has 0 spiro atoms. The molecule has 28 heavy (non-hydrogen) atoms. The van der Waals surface area contributed by atoms with Crippen molar-refractivity contribution in [2.45, 2.75) is 44.4 Å². The molecule has 1 atom stereocenters. The lowest BCUT2D eigenvalue weighted by atomic mass is 9.91. The number of carbonyl (C=O) groups excluding carboxylic acids is 3. The van der Waals surface area contributed by atoms with Gasteiger partial charge in [-0.3, -0.25) is 19.6 Å². The summed E-state index contributed by atoms with van der Waals surface area (Å²) in [6.45, 7) is 1.99. The van der Waals surface area contributed by atoms with Crippen molar-refractivity contribution < 1.29 is 14.4 Å². The minimum absolute atomic E-state index is 0.208.